The van der Waals surface area contributed by atoms with Gasteiger partial charge in [0.1, 0.15) is 11.4 Å². The van der Waals surface area contributed by atoms with E-state index in [1.54, 1.807) is 31.2 Å². The summed E-state index contributed by atoms with van der Waals surface area (Å²) in [5.41, 5.74) is -0.336. The molecule has 0 saturated carbocycles. The van der Waals surface area contributed by atoms with E-state index in [-0.39, 0.29) is 12.2 Å². The molecule has 0 amide bonds. The summed E-state index contributed by atoms with van der Waals surface area (Å²) in [6, 6.07) is 9.68. The molecule has 0 saturated heterocycles. The number of benzene rings is 1. The molecule has 9 heteroatoms. The number of anilines is 1. The second-order valence-corrected chi connectivity index (χ2v) is 6.10. The Morgan fingerprint density at radius 1 is 1.26 bits per heavy atom. The van der Waals surface area contributed by atoms with Gasteiger partial charge in [-0.15, -0.1) is 0 Å². The fourth-order valence-electron chi connectivity index (χ4n) is 2.33. The van der Waals surface area contributed by atoms with E-state index in [0.717, 1.165) is 5.69 Å². The Morgan fingerprint density at radius 3 is 2.59 bits per heavy atom. The maximum Gasteiger partial charge on any atom is 0.269 e. The van der Waals surface area contributed by atoms with E-state index in [2.05, 4.69) is 20.9 Å². The summed E-state index contributed by atoms with van der Waals surface area (Å²) in [7, 11) is 0. The molecule has 1 heterocycles. The minimum Gasteiger partial charge on any atom is -0.466 e. The first-order valence-corrected chi connectivity index (χ1v) is 8.69. The SMILES string of the molecule is CCNC(=NCC(C)(O)c1ccco1)NCCNc1ccc([N+](=O)[O-])cc1. The molecule has 0 aliphatic carbocycles. The summed E-state index contributed by atoms with van der Waals surface area (Å²) in [5.74, 6) is 1.04. The van der Waals surface area contributed by atoms with Gasteiger partial charge < -0.3 is 25.5 Å². The number of hydrogen-bond donors (Lipinski definition) is 4. The monoisotopic (exact) mass is 375 g/mol. The lowest BCUT2D eigenvalue weighted by Gasteiger charge is -2.19. The number of aliphatic imine (C=N–C) groups is 1. The number of nitro benzene ring substituents is 1. The van der Waals surface area contributed by atoms with Gasteiger partial charge in [0, 0.05) is 37.5 Å². The largest absolute Gasteiger partial charge is 0.466 e. The van der Waals surface area contributed by atoms with Crippen LogP contribution in [0.4, 0.5) is 11.4 Å². The molecule has 0 spiro atoms. The van der Waals surface area contributed by atoms with Crippen LogP contribution in [0.1, 0.15) is 19.6 Å². The van der Waals surface area contributed by atoms with E-state index in [1.165, 1.54) is 18.4 Å². The molecule has 2 aromatic rings. The van der Waals surface area contributed by atoms with Crippen molar-refractivity contribution in [2.75, 3.05) is 31.5 Å². The molecular formula is C18H25N5O4. The molecule has 0 fully saturated rings. The summed E-state index contributed by atoms with van der Waals surface area (Å²) in [5, 5.41) is 30.6. The molecule has 4 N–H and O–H groups in total. The van der Waals surface area contributed by atoms with Crippen LogP contribution >= 0.6 is 0 Å². The molecule has 1 unspecified atom stereocenters. The van der Waals surface area contributed by atoms with Gasteiger partial charge in [-0.25, -0.2) is 4.99 Å². The van der Waals surface area contributed by atoms with Crippen molar-refractivity contribution in [3.63, 3.8) is 0 Å². The number of hydrogen-bond acceptors (Lipinski definition) is 6. The van der Waals surface area contributed by atoms with Crippen molar-refractivity contribution in [2.24, 2.45) is 4.99 Å². The third kappa shape index (κ3) is 6.30. The van der Waals surface area contributed by atoms with Crippen LogP contribution in [0, 0.1) is 10.1 Å². The molecule has 0 aliphatic heterocycles. The number of furan rings is 1. The average molecular weight is 375 g/mol. The van der Waals surface area contributed by atoms with Crippen LogP contribution in [0.2, 0.25) is 0 Å². The fraction of sp³-hybridized carbons (Fsp3) is 0.389. The number of nitrogens with zero attached hydrogens (tertiary/aromatic N) is 2. The summed E-state index contributed by atoms with van der Waals surface area (Å²) >= 11 is 0. The minimum atomic E-state index is -1.19. The molecule has 0 bridgehead atoms. The smallest absolute Gasteiger partial charge is 0.269 e. The number of non-ortho nitro benzene ring substituents is 1. The van der Waals surface area contributed by atoms with E-state index in [0.29, 0.717) is 31.4 Å². The van der Waals surface area contributed by atoms with E-state index in [4.69, 9.17) is 4.42 Å². The summed E-state index contributed by atoms with van der Waals surface area (Å²) < 4.78 is 5.25. The van der Waals surface area contributed by atoms with Crippen molar-refractivity contribution in [3.05, 3.63) is 58.5 Å². The lowest BCUT2D eigenvalue weighted by Crippen LogP contribution is -2.40. The number of aliphatic hydroxyl groups is 1. The molecule has 1 atom stereocenters. The number of nitrogens with one attached hydrogen (secondary N) is 3. The van der Waals surface area contributed by atoms with Crippen LogP contribution in [0.5, 0.6) is 0 Å². The van der Waals surface area contributed by atoms with Gasteiger partial charge >= 0.3 is 0 Å². The van der Waals surface area contributed by atoms with Gasteiger partial charge in [0.2, 0.25) is 0 Å². The first-order chi connectivity index (χ1) is 12.9. The fourth-order valence-corrected chi connectivity index (χ4v) is 2.33. The lowest BCUT2D eigenvalue weighted by atomic mass is 10.0. The lowest BCUT2D eigenvalue weighted by molar-refractivity contribution is -0.384. The molecule has 2 rings (SSSR count). The zero-order valence-corrected chi connectivity index (χ0v) is 15.4. The van der Waals surface area contributed by atoms with Gasteiger partial charge in [0.15, 0.2) is 5.96 Å². The Bertz CT molecular complexity index is 742. The second-order valence-electron chi connectivity index (χ2n) is 6.10. The third-order valence-corrected chi connectivity index (χ3v) is 3.77. The topological polar surface area (TPSA) is 125 Å². The Morgan fingerprint density at radius 2 is 2.00 bits per heavy atom. The summed E-state index contributed by atoms with van der Waals surface area (Å²) in [6.07, 6.45) is 1.51. The Hall–Kier alpha value is -3.07. The zero-order chi connectivity index (χ0) is 19.7. The van der Waals surface area contributed by atoms with Crippen LogP contribution in [-0.4, -0.2) is 42.2 Å². The molecule has 27 heavy (non-hydrogen) atoms. The van der Waals surface area contributed by atoms with Crippen molar-refractivity contribution < 1.29 is 14.4 Å². The summed E-state index contributed by atoms with van der Waals surface area (Å²) in [4.78, 5) is 14.6. The van der Waals surface area contributed by atoms with Crippen molar-refractivity contribution in [3.8, 4) is 0 Å². The first kappa shape index (κ1) is 20.2. The quantitative estimate of drug-likeness (QED) is 0.174. The van der Waals surface area contributed by atoms with E-state index < -0.39 is 10.5 Å². The van der Waals surface area contributed by atoms with Crippen molar-refractivity contribution in [1.82, 2.24) is 10.6 Å². The van der Waals surface area contributed by atoms with Crippen molar-refractivity contribution >= 4 is 17.3 Å². The van der Waals surface area contributed by atoms with Gasteiger partial charge in [-0.05, 0) is 38.1 Å². The van der Waals surface area contributed by atoms with Gasteiger partial charge in [-0.3, -0.25) is 10.1 Å². The van der Waals surface area contributed by atoms with Crippen molar-refractivity contribution in [1.29, 1.82) is 0 Å². The minimum absolute atomic E-state index is 0.0591. The van der Waals surface area contributed by atoms with E-state index in [9.17, 15) is 15.2 Å². The van der Waals surface area contributed by atoms with Gasteiger partial charge in [-0.2, -0.15) is 0 Å². The molecule has 0 aliphatic rings. The molecule has 1 aromatic carbocycles. The first-order valence-electron chi connectivity index (χ1n) is 8.69. The number of guanidine groups is 1. The van der Waals surface area contributed by atoms with Crippen LogP contribution in [-0.2, 0) is 5.60 Å². The highest BCUT2D eigenvalue weighted by molar-refractivity contribution is 5.79. The highest BCUT2D eigenvalue weighted by atomic mass is 16.6. The van der Waals surface area contributed by atoms with Crippen LogP contribution in [0.3, 0.4) is 0 Å². The van der Waals surface area contributed by atoms with Gasteiger partial charge in [0.25, 0.3) is 5.69 Å². The Labute approximate surface area is 157 Å². The van der Waals surface area contributed by atoms with Gasteiger partial charge in [-0.1, -0.05) is 0 Å². The highest BCUT2D eigenvalue weighted by Crippen LogP contribution is 2.21. The Balaban J connectivity index is 1.82. The Kier molecular flexibility index (Phi) is 7.18. The van der Waals surface area contributed by atoms with E-state index >= 15 is 0 Å². The number of rotatable bonds is 9. The molecule has 0 radical (unpaired) electrons. The predicted molar refractivity (Wildman–Crippen MR) is 104 cm³/mol. The number of nitro groups is 1. The summed E-state index contributed by atoms with van der Waals surface area (Å²) in [6.45, 7) is 5.60. The average Bonchev–Trinajstić information content (AvgIpc) is 3.19. The van der Waals surface area contributed by atoms with E-state index in [1.807, 2.05) is 6.92 Å². The van der Waals surface area contributed by atoms with Crippen LogP contribution < -0.4 is 16.0 Å². The molecule has 1 aromatic heterocycles. The van der Waals surface area contributed by atoms with Crippen molar-refractivity contribution in [2.45, 2.75) is 19.4 Å². The maximum atomic E-state index is 10.6. The zero-order valence-electron chi connectivity index (χ0n) is 15.4. The third-order valence-electron chi connectivity index (χ3n) is 3.77. The molecular weight excluding hydrogens is 350 g/mol. The molecule has 146 valence electrons. The van der Waals surface area contributed by atoms with Crippen LogP contribution in [0.25, 0.3) is 0 Å². The predicted octanol–water partition coefficient (Wildman–Crippen LogP) is 2.06. The molecule has 9 nitrogen and oxygen atoms in total. The van der Waals surface area contributed by atoms with Gasteiger partial charge in [0.05, 0.1) is 17.7 Å². The van der Waals surface area contributed by atoms with Crippen LogP contribution in [0.15, 0.2) is 52.1 Å². The highest BCUT2D eigenvalue weighted by Gasteiger charge is 2.26. The normalized spacial score (nSPS) is 13.7. The second kappa shape index (κ2) is 9.58. The standard InChI is InChI=1S/C18H25N5O4/c1-3-19-17(22-13-18(2,24)16-5-4-12-27-16)21-11-10-20-14-6-8-15(9-7-14)23(25)26/h4-9,12,20,24H,3,10-11,13H2,1-2H3,(H2,19,21,22). The maximum absolute atomic E-state index is 10.6.